The molecule has 2 heterocycles. The maximum atomic E-state index is 5.79. The van der Waals surface area contributed by atoms with E-state index in [9.17, 15) is 0 Å². The monoisotopic (exact) mass is 241 g/mol. The van der Waals surface area contributed by atoms with E-state index in [1.54, 1.807) is 0 Å². The number of hydrogen-bond donors (Lipinski definition) is 1. The summed E-state index contributed by atoms with van der Waals surface area (Å²) < 4.78 is 3.86. The molecule has 0 atom stereocenters. The smallest absolute Gasteiger partial charge is 0.132 e. The van der Waals surface area contributed by atoms with E-state index in [2.05, 4.69) is 33.2 Å². The lowest BCUT2D eigenvalue weighted by molar-refractivity contribution is 0.103. The van der Waals surface area contributed by atoms with Gasteiger partial charge in [-0.2, -0.15) is 0 Å². The van der Waals surface area contributed by atoms with Gasteiger partial charge in [-0.25, -0.2) is 0 Å². The third kappa shape index (κ3) is 2.69. The fourth-order valence-electron chi connectivity index (χ4n) is 1.97. The fraction of sp³-hybridized carbons (Fsp3) is 0.800. The van der Waals surface area contributed by atoms with Crippen LogP contribution in [0, 0.1) is 0 Å². The van der Waals surface area contributed by atoms with Crippen molar-refractivity contribution in [2.24, 2.45) is 0 Å². The molecule has 1 aliphatic heterocycles. The van der Waals surface area contributed by atoms with E-state index >= 15 is 0 Å². The highest BCUT2D eigenvalue weighted by Gasteiger charge is 2.20. The Hall–Kier alpha value is -0.720. The van der Waals surface area contributed by atoms with Crippen LogP contribution in [0.5, 0.6) is 0 Å². The molecule has 2 rings (SSSR count). The Bertz CT molecular complexity index is 330. The lowest BCUT2D eigenvalue weighted by Crippen LogP contribution is -2.48. The number of aromatic nitrogens is 2. The number of hydrogen-bond acceptors (Lipinski definition) is 6. The Kier molecular flexibility index (Phi) is 3.73. The zero-order valence-electron chi connectivity index (χ0n) is 9.89. The highest BCUT2D eigenvalue weighted by atomic mass is 32.1. The molecule has 2 N–H and O–H groups in total. The van der Waals surface area contributed by atoms with E-state index in [1.807, 2.05) is 0 Å². The number of nitrogens with two attached hydrogens (primary N) is 1. The third-order valence-corrected chi connectivity index (χ3v) is 3.69. The third-order valence-electron chi connectivity index (χ3n) is 3.10. The number of nitrogens with zero attached hydrogens (tertiary/aromatic N) is 4. The summed E-state index contributed by atoms with van der Waals surface area (Å²) >= 11 is 1.28. The first-order chi connectivity index (χ1) is 7.66. The number of piperazine rings is 1. The summed E-state index contributed by atoms with van der Waals surface area (Å²) in [5, 5.41) is 4.81. The quantitative estimate of drug-likeness (QED) is 0.842. The summed E-state index contributed by atoms with van der Waals surface area (Å²) in [6, 6.07) is 0.646. The molecule has 0 aliphatic carbocycles. The van der Waals surface area contributed by atoms with Crippen molar-refractivity contribution < 1.29 is 0 Å². The van der Waals surface area contributed by atoms with E-state index in [4.69, 9.17) is 5.73 Å². The van der Waals surface area contributed by atoms with Crippen molar-refractivity contribution >= 4 is 16.5 Å². The molecular formula is C10H19N5S. The van der Waals surface area contributed by atoms with E-state index in [1.165, 1.54) is 11.5 Å². The van der Waals surface area contributed by atoms with Gasteiger partial charge in [-0.3, -0.25) is 9.80 Å². The van der Waals surface area contributed by atoms with Gasteiger partial charge in [-0.1, -0.05) is 4.49 Å². The zero-order chi connectivity index (χ0) is 11.5. The van der Waals surface area contributed by atoms with Crippen LogP contribution in [0.4, 0.5) is 5.00 Å². The lowest BCUT2D eigenvalue weighted by atomic mass is 10.2. The lowest BCUT2D eigenvalue weighted by Gasteiger charge is -2.36. The van der Waals surface area contributed by atoms with Crippen LogP contribution in [-0.4, -0.2) is 51.6 Å². The topological polar surface area (TPSA) is 58.3 Å². The maximum Gasteiger partial charge on any atom is 0.132 e. The Morgan fingerprint density at radius 3 is 2.50 bits per heavy atom. The molecule has 0 bridgehead atoms. The average Bonchev–Trinajstić information content (AvgIpc) is 2.65. The Morgan fingerprint density at radius 1 is 1.31 bits per heavy atom. The van der Waals surface area contributed by atoms with Crippen LogP contribution >= 0.6 is 11.5 Å². The van der Waals surface area contributed by atoms with Crippen LogP contribution in [0.2, 0.25) is 0 Å². The summed E-state index contributed by atoms with van der Waals surface area (Å²) in [7, 11) is 0. The molecule has 1 aromatic heterocycles. The molecule has 0 aromatic carbocycles. The molecule has 16 heavy (non-hydrogen) atoms. The van der Waals surface area contributed by atoms with Gasteiger partial charge in [0.1, 0.15) is 10.7 Å². The predicted molar refractivity (Wildman–Crippen MR) is 66.3 cm³/mol. The summed E-state index contributed by atoms with van der Waals surface area (Å²) in [6.07, 6.45) is 0. The molecular weight excluding hydrogens is 222 g/mol. The molecule has 1 saturated heterocycles. The van der Waals surface area contributed by atoms with Gasteiger partial charge in [-0.05, 0) is 13.8 Å². The summed E-state index contributed by atoms with van der Waals surface area (Å²) in [6.45, 7) is 9.79. The maximum absolute atomic E-state index is 5.79. The van der Waals surface area contributed by atoms with Crippen molar-refractivity contribution in [2.75, 3.05) is 31.9 Å². The van der Waals surface area contributed by atoms with Crippen LogP contribution in [0.25, 0.3) is 0 Å². The van der Waals surface area contributed by atoms with E-state index in [0.29, 0.717) is 6.04 Å². The summed E-state index contributed by atoms with van der Waals surface area (Å²) in [4.78, 5) is 4.89. The first-order valence-corrected chi connectivity index (χ1v) is 6.47. The first-order valence-electron chi connectivity index (χ1n) is 5.70. The van der Waals surface area contributed by atoms with Crippen molar-refractivity contribution in [1.82, 2.24) is 19.4 Å². The Morgan fingerprint density at radius 2 is 2.00 bits per heavy atom. The second-order valence-corrected chi connectivity index (χ2v) is 5.28. The minimum atomic E-state index is 0.646. The normalized spacial score (nSPS) is 19.4. The average molecular weight is 241 g/mol. The second-order valence-electron chi connectivity index (χ2n) is 4.49. The van der Waals surface area contributed by atoms with Crippen LogP contribution in [-0.2, 0) is 6.54 Å². The van der Waals surface area contributed by atoms with Gasteiger partial charge in [0.15, 0.2) is 0 Å². The molecule has 0 amide bonds. The number of nitrogen functional groups attached to an aromatic ring is 1. The molecule has 0 unspecified atom stereocenters. The Labute approximate surface area is 100 Å². The predicted octanol–water partition coefficient (Wildman–Crippen LogP) is 0.646. The van der Waals surface area contributed by atoms with Crippen LogP contribution in [0.3, 0.4) is 0 Å². The van der Waals surface area contributed by atoms with Crippen molar-refractivity contribution in [2.45, 2.75) is 26.4 Å². The SMILES string of the molecule is CC(C)N1CCN(Cc2nnsc2N)CC1. The highest BCUT2D eigenvalue weighted by molar-refractivity contribution is 7.09. The standard InChI is InChI=1S/C10H19N5S/c1-8(2)15-5-3-14(4-6-15)7-9-10(11)16-13-12-9/h8H,3-7,11H2,1-2H3. The number of rotatable bonds is 3. The van der Waals surface area contributed by atoms with E-state index in [-0.39, 0.29) is 0 Å². The molecule has 6 heteroatoms. The largest absolute Gasteiger partial charge is 0.388 e. The first kappa shape index (κ1) is 11.8. The van der Waals surface area contributed by atoms with Gasteiger partial charge in [0.2, 0.25) is 0 Å². The van der Waals surface area contributed by atoms with Crippen LogP contribution in [0.1, 0.15) is 19.5 Å². The molecule has 5 nitrogen and oxygen atoms in total. The van der Waals surface area contributed by atoms with Crippen LogP contribution < -0.4 is 5.73 Å². The zero-order valence-corrected chi connectivity index (χ0v) is 10.7. The second kappa shape index (κ2) is 5.07. The molecule has 90 valence electrons. The summed E-state index contributed by atoms with van der Waals surface area (Å²) in [5.41, 5.74) is 6.72. The minimum absolute atomic E-state index is 0.646. The van der Waals surface area contributed by atoms with Gasteiger partial charge < -0.3 is 5.73 Å². The van der Waals surface area contributed by atoms with Crippen molar-refractivity contribution in [3.8, 4) is 0 Å². The molecule has 1 aromatic rings. The minimum Gasteiger partial charge on any atom is -0.388 e. The van der Waals surface area contributed by atoms with E-state index in [0.717, 1.165) is 43.4 Å². The number of anilines is 1. The molecule has 0 spiro atoms. The van der Waals surface area contributed by atoms with Crippen LogP contribution in [0.15, 0.2) is 0 Å². The molecule has 0 radical (unpaired) electrons. The van der Waals surface area contributed by atoms with Gasteiger partial charge in [0.05, 0.1) is 0 Å². The van der Waals surface area contributed by atoms with Gasteiger partial charge >= 0.3 is 0 Å². The molecule has 1 fully saturated rings. The summed E-state index contributed by atoms with van der Waals surface area (Å²) in [5.74, 6) is 0. The van der Waals surface area contributed by atoms with Gasteiger partial charge in [-0.15, -0.1) is 5.10 Å². The van der Waals surface area contributed by atoms with E-state index < -0.39 is 0 Å². The fourth-order valence-corrected chi connectivity index (χ4v) is 2.41. The highest BCUT2D eigenvalue weighted by Crippen LogP contribution is 2.16. The molecule has 1 aliphatic rings. The molecule has 0 saturated carbocycles. The van der Waals surface area contributed by atoms with Crippen molar-refractivity contribution in [3.63, 3.8) is 0 Å². The Balaban J connectivity index is 1.84. The van der Waals surface area contributed by atoms with Crippen molar-refractivity contribution in [3.05, 3.63) is 5.69 Å². The van der Waals surface area contributed by atoms with Gasteiger partial charge in [0, 0.05) is 50.3 Å². The van der Waals surface area contributed by atoms with Crippen molar-refractivity contribution in [1.29, 1.82) is 0 Å². The van der Waals surface area contributed by atoms with Gasteiger partial charge in [0.25, 0.3) is 0 Å².